The predicted octanol–water partition coefficient (Wildman–Crippen LogP) is 6.72. The zero-order valence-corrected chi connectivity index (χ0v) is 20.6. The van der Waals surface area contributed by atoms with Gasteiger partial charge in [-0.15, -0.1) is 0 Å². The third-order valence-corrected chi connectivity index (χ3v) is 7.32. The number of nitrogens with zero attached hydrogens (tertiary/aromatic N) is 1. The van der Waals surface area contributed by atoms with E-state index in [1.807, 2.05) is 36.4 Å². The third kappa shape index (κ3) is 5.71. The number of benzene rings is 3. The normalized spacial score (nSPS) is 16.9. The van der Waals surface area contributed by atoms with E-state index in [0.717, 1.165) is 30.0 Å². The average molecular weight is 507 g/mol. The highest BCUT2D eigenvalue weighted by Gasteiger charge is 2.45. The smallest absolute Gasteiger partial charge is 0.330 e. The van der Waals surface area contributed by atoms with E-state index < -0.39 is 23.9 Å². The maximum atomic E-state index is 13.8. The summed E-state index contributed by atoms with van der Waals surface area (Å²) in [6.45, 7) is 1.88. The van der Waals surface area contributed by atoms with Gasteiger partial charge in [-0.2, -0.15) is 13.2 Å². The van der Waals surface area contributed by atoms with Crippen LogP contribution in [-0.2, 0) is 24.3 Å². The molecule has 4 nitrogen and oxygen atoms in total. The van der Waals surface area contributed by atoms with Crippen molar-refractivity contribution in [3.8, 4) is 0 Å². The summed E-state index contributed by atoms with van der Waals surface area (Å²) in [5, 5.41) is 2.72. The van der Waals surface area contributed by atoms with Crippen molar-refractivity contribution in [2.24, 2.45) is 11.8 Å². The molecule has 2 amide bonds. The van der Waals surface area contributed by atoms with Crippen molar-refractivity contribution in [1.82, 2.24) is 4.90 Å². The van der Waals surface area contributed by atoms with Gasteiger partial charge in [0.25, 0.3) is 5.91 Å². The van der Waals surface area contributed by atoms with E-state index in [9.17, 15) is 22.8 Å². The predicted molar refractivity (Wildman–Crippen MR) is 136 cm³/mol. The van der Waals surface area contributed by atoms with Crippen LogP contribution in [0.25, 0.3) is 0 Å². The number of hydrogen-bond donors (Lipinski definition) is 1. The lowest BCUT2D eigenvalue weighted by atomic mass is 9.85. The summed E-state index contributed by atoms with van der Waals surface area (Å²) in [5.74, 6) is -3.37. The molecule has 1 N–H and O–H groups in total. The van der Waals surface area contributed by atoms with Crippen LogP contribution in [0.5, 0.6) is 0 Å². The lowest BCUT2D eigenvalue weighted by Gasteiger charge is -2.26. The maximum absolute atomic E-state index is 13.8. The van der Waals surface area contributed by atoms with Gasteiger partial charge >= 0.3 is 6.18 Å². The fourth-order valence-corrected chi connectivity index (χ4v) is 5.00. The van der Waals surface area contributed by atoms with Gasteiger partial charge in [-0.25, -0.2) is 0 Å². The Balaban J connectivity index is 1.32. The summed E-state index contributed by atoms with van der Waals surface area (Å²) in [6, 6.07) is 21.3. The Kier molecular flexibility index (Phi) is 6.80. The molecular formula is C30H29F3N2O2. The Hall–Kier alpha value is -3.61. The zero-order chi connectivity index (χ0) is 26.2. The molecular weight excluding hydrogens is 477 g/mol. The summed E-state index contributed by atoms with van der Waals surface area (Å²) in [4.78, 5) is 27.6. The van der Waals surface area contributed by atoms with Gasteiger partial charge in [0.1, 0.15) is 0 Å². The monoisotopic (exact) mass is 506 g/mol. The maximum Gasteiger partial charge on any atom is 0.392 e. The molecule has 7 heteroatoms. The van der Waals surface area contributed by atoms with Gasteiger partial charge in [0, 0.05) is 24.3 Å². The molecule has 1 aliphatic carbocycles. The number of carbonyl (C=O) groups is 2. The third-order valence-electron chi connectivity index (χ3n) is 7.32. The largest absolute Gasteiger partial charge is 0.392 e. The molecule has 3 aromatic carbocycles. The number of alkyl halides is 3. The second-order valence-electron chi connectivity index (χ2n) is 10.2. The molecule has 1 fully saturated rings. The minimum Gasteiger partial charge on any atom is -0.330 e. The van der Waals surface area contributed by atoms with Crippen LogP contribution in [0.15, 0.2) is 72.8 Å². The Bertz CT molecular complexity index is 1300. The van der Waals surface area contributed by atoms with E-state index in [4.69, 9.17) is 0 Å². The van der Waals surface area contributed by atoms with Crippen molar-refractivity contribution in [2.45, 2.75) is 51.4 Å². The molecule has 192 valence electrons. The second kappa shape index (κ2) is 10.0. The van der Waals surface area contributed by atoms with E-state index in [-0.39, 0.29) is 11.5 Å². The molecule has 0 saturated heterocycles. The minimum absolute atomic E-state index is 0.0634. The SMILES string of the molecule is C[C@@H]([C@@H](C(=O)Nc1cccc(CC2CC2)c1)c1ccc(CN2Cc3ccccc3C2=O)cc1)C(F)(F)F. The summed E-state index contributed by atoms with van der Waals surface area (Å²) in [6.07, 6.45) is -1.24. The molecule has 2 atom stereocenters. The van der Waals surface area contributed by atoms with Gasteiger partial charge in [-0.3, -0.25) is 9.59 Å². The molecule has 0 unspecified atom stereocenters. The molecule has 3 aromatic rings. The second-order valence-corrected chi connectivity index (χ2v) is 10.2. The van der Waals surface area contributed by atoms with E-state index in [1.54, 1.807) is 41.3 Å². The fraction of sp³-hybridized carbons (Fsp3) is 0.333. The molecule has 37 heavy (non-hydrogen) atoms. The number of carbonyl (C=O) groups excluding carboxylic acids is 2. The number of halogens is 3. The first kappa shape index (κ1) is 25.1. The zero-order valence-electron chi connectivity index (χ0n) is 20.6. The van der Waals surface area contributed by atoms with Gasteiger partial charge in [0.2, 0.25) is 5.91 Å². The average Bonchev–Trinajstić information content (AvgIpc) is 3.62. The first-order chi connectivity index (χ1) is 17.7. The van der Waals surface area contributed by atoms with E-state index >= 15 is 0 Å². The van der Waals surface area contributed by atoms with Crippen molar-refractivity contribution in [1.29, 1.82) is 0 Å². The Morgan fingerprint density at radius 1 is 1.00 bits per heavy atom. The highest BCUT2D eigenvalue weighted by atomic mass is 19.4. The van der Waals surface area contributed by atoms with E-state index in [2.05, 4.69) is 5.32 Å². The number of anilines is 1. The Morgan fingerprint density at radius 3 is 2.41 bits per heavy atom. The Labute approximate surface area is 214 Å². The number of amides is 2. The van der Waals surface area contributed by atoms with Crippen molar-refractivity contribution in [2.75, 3.05) is 5.32 Å². The van der Waals surface area contributed by atoms with Crippen molar-refractivity contribution >= 4 is 17.5 Å². The van der Waals surface area contributed by atoms with Gasteiger partial charge < -0.3 is 10.2 Å². The molecule has 0 aromatic heterocycles. The summed E-state index contributed by atoms with van der Waals surface area (Å²) in [5.41, 5.74) is 4.29. The van der Waals surface area contributed by atoms with Crippen LogP contribution in [0, 0.1) is 11.8 Å². The first-order valence-electron chi connectivity index (χ1n) is 12.6. The number of nitrogens with one attached hydrogen (secondary N) is 1. The first-order valence-corrected chi connectivity index (χ1v) is 12.6. The molecule has 5 rings (SSSR count). The van der Waals surface area contributed by atoms with Gasteiger partial charge in [-0.05, 0) is 65.6 Å². The highest BCUT2D eigenvalue weighted by Crippen LogP contribution is 2.39. The van der Waals surface area contributed by atoms with E-state index in [0.29, 0.717) is 30.3 Å². The fourth-order valence-electron chi connectivity index (χ4n) is 5.00. The van der Waals surface area contributed by atoms with Gasteiger partial charge in [0.15, 0.2) is 0 Å². The molecule has 0 spiro atoms. The van der Waals surface area contributed by atoms with Crippen LogP contribution < -0.4 is 5.32 Å². The molecule has 0 radical (unpaired) electrons. The lowest BCUT2D eigenvalue weighted by Crippen LogP contribution is -2.34. The van der Waals surface area contributed by atoms with Crippen LogP contribution in [0.1, 0.15) is 58.3 Å². The lowest BCUT2D eigenvalue weighted by molar-refractivity contribution is -0.178. The van der Waals surface area contributed by atoms with Crippen LogP contribution in [0.4, 0.5) is 18.9 Å². The topological polar surface area (TPSA) is 49.4 Å². The molecule has 2 aliphatic rings. The van der Waals surface area contributed by atoms with Crippen LogP contribution >= 0.6 is 0 Å². The van der Waals surface area contributed by atoms with Crippen LogP contribution in [0.3, 0.4) is 0 Å². The minimum atomic E-state index is -4.54. The summed E-state index contributed by atoms with van der Waals surface area (Å²) >= 11 is 0. The summed E-state index contributed by atoms with van der Waals surface area (Å²) in [7, 11) is 0. The standard InChI is InChI=1S/C30H29F3N2O2/c1-19(30(31,32)33)27(28(36)34-25-7-4-5-22(16-25)15-20-9-10-20)23-13-11-21(12-14-23)17-35-18-24-6-2-3-8-26(24)29(35)37/h2-8,11-14,16,19-20,27H,9-10,15,17-18H2,1H3,(H,34,36)/t19-,27+/m0/s1. The van der Waals surface area contributed by atoms with Crippen LogP contribution in [-0.4, -0.2) is 22.9 Å². The van der Waals surface area contributed by atoms with Crippen molar-refractivity contribution in [3.05, 3.63) is 101 Å². The Morgan fingerprint density at radius 2 is 1.73 bits per heavy atom. The van der Waals surface area contributed by atoms with Gasteiger partial charge in [0.05, 0.1) is 11.8 Å². The quantitative estimate of drug-likeness (QED) is 0.369. The van der Waals surface area contributed by atoms with E-state index in [1.165, 1.54) is 12.8 Å². The molecule has 0 bridgehead atoms. The molecule has 1 saturated carbocycles. The number of hydrogen-bond acceptors (Lipinski definition) is 2. The van der Waals surface area contributed by atoms with Crippen molar-refractivity contribution in [3.63, 3.8) is 0 Å². The van der Waals surface area contributed by atoms with Crippen LogP contribution in [0.2, 0.25) is 0 Å². The summed E-state index contributed by atoms with van der Waals surface area (Å²) < 4.78 is 41.4. The highest BCUT2D eigenvalue weighted by molar-refractivity contribution is 5.98. The number of rotatable bonds is 8. The molecule has 1 heterocycles. The molecule has 1 aliphatic heterocycles. The van der Waals surface area contributed by atoms with Crippen molar-refractivity contribution < 1.29 is 22.8 Å². The number of fused-ring (bicyclic) bond motifs is 1. The van der Waals surface area contributed by atoms with Gasteiger partial charge in [-0.1, -0.05) is 61.5 Å².